The lowest BCUT2D eigenvalue weighted by atomic mass is 10.2. The number of hydrogen-bond acceptors (Lipinski definition) is 6. The van der Waals surface area contributed by atoms with E-state index in [9.17, 15) is 14.0 Å². The van der Waals surface area contributed by atoms with Crippen molar-refractivity contribution in [2.45, 2.75) is 13.0 Å². The summed E-state index contributed by atoms with van der Waals surface area (Å²) in [6.45, 7) is 1.60. The zero-order valence-electron chi connectivity index (χ0n) is 16.3. The quantitative estimate of drug-likeness (QED) is 0.468. The normalized spacial score (nSPS) is 11.7. The molecule has 4 rings (SSSR count). The van der Waals surface area contributed by atoms with Crippen molar-refractivity contribution in [3.63, 3.8) is 0 Å². The molecule has 0 unspecified atom stereocenters. The summed E-state index contributed by atoms with van der Waals surface area (Å²) in [4.78, 5) is 29.8. The van der Waals surface area contributed by atoms with Crippen molar-refractivity contribution < 1.29 is 18.5 Å². The van der Waals surface area contributed by atoms with Gasteiger partial charge in [0, 0.05) is 11.1 Å². The molecule has 2 N–H and O–H groups in total. The lowest BCUT2D eigenvalue weighted by Crippen LogP contribution is -2.41. The van der Waals surface area contributed by atoms with Gasteiger partial charge in [-0.15, -0.1) is 11.3 Å². The fraction of sp³-hybridized carbons (Fsp3) is 0.0909. The van der Waals surface area contributed by atoms with Crippen molar-refractivity contribution >= 4 is 28.8 Å². The Morgan fingerprint density at radius 2 is 1.81 bits per heavy atom. The Labute approximate surface area is 180 Å². The van der Waals surface area contributed by atoms with Crippen molar-refractivity contribution in [1.29, 1.82) is 0 Å². The molecule has 0 saturated carbocycles. The van der Waals surface area contributed by atoms with Crippen molar-refractivity contribution in [2.75, 3.05) is 5.32 Å². The summed E-state index contributed by atoms with van der Waals surface area (Å²) in [5.41, 5.74) is 1.57. The number of hydrogen-bond donors (Lipinski definition) is 2. The predicted molar refractivity (Wildman–Crippen MR) is 115 cm³/mol. The fourth-order valence-corrected chi connectivity index (χ4v) is 3.55. The van der Waals surface area contributed by atoms with Crippen LogP contribution in [0.4, 0.5) is 10.1 Å². The summed E-state index contributed by atoms with van der Waals surface area (Å²) < 4.78 is 18.5. The molecule has 0 aliphatic rings. The summed E-state index contributed by atoms with van der Waals surface area (Å²) in [7, 11) is 0. The first kappa shape index (κ1) is 20.4. The van der Waals surface area contributed by atoms with Gasteiger partial charge in [0.1, 0.15) is 16.7 Å². The number of thiophene rings is 1. The van der Waals surface area contributed by atoms with Crippen LogP contribution in [-0.2, 0) is 4.79 Å². The molecule has 0 aliphatic carbocycles. The van der Waals surface area contributed by atoms with E-state index in [0.29, 0.717) is 27.5 Å². The molecule has 7 nitrogen and oxygen atoms in total. The number of nitrogens with one attached hydrogen (secondary N) is 2. The van der Waals surface area contributed by atoms with Crippen LogP contribution in [0.2, 0.25) is 0 Å². The molecule has 31 heavy (non-hydrogen) atoms. The molecule has 2 heterocycles. The number of rotatable bonds is 6. The van der Waals surface area contributed by atoms with Gasteiger partial charge in [-0.1, -0.05) is 23.4 Å². The Hall–Kier alpha value is -3.85. The molecule has 0 radical (unpaired) electrons. The maximum Gasteiger partial charge on any atom is 0.270 e. The largest absolute Gasteiger partial charge is 0.341 e. The molecule has 0 spiro atoms. The number of aromatic nitrogens is 2. The zero-order chi connectivity index (χ0) is 21.8. The average molecular weight is 436 g/mol. The van der Waals surface area contributed by atoms with Crippen LogP contribution in [0.25, 0.3) is 22.2 Å². The van der Waals surface area contributed by atoms with E-state index < -0.39 is 6.04 Å². The number of carbonyl (C=O) groups is 2. The molecule has 9 heteroatoms. The molecule has 0 saturated heterocycles. The minimum Gasteiger partial charge on any atom is -0.341 e. The van der Waals surface area contributed by atoms with E-state index in [0.717, 1.165) is 0 Å². The summed E-state index contributed by atoms with van der Waals surface area (Å²) >= 11 is 1.32. The first-order valence-electron chi connectivity index (χ1n) is 9.35. The Morgan fingerprint density at radius 3 is 2.55 bits per heavy atom. The van der Waals surface area contributed by atoms with E-state index in [1.54, 1.807) is 54.8 Å². The summed E-state index contributed by atoms with van der Waals surface area (Å²) in [6, 6.07) is 15.3. The van der Waals surface area contributed by atoms with E-state index in [-0.39, 0.29) is 23.5 Å². The minimum atomic E-state index is -0.766. The molecule has 2 aromatic carbocycles. The lowest BCUT2D eigenvalue weighted by Gasteiger charge is -2.14. The van der Waals surface area contributed by atoms with E-state index in [1.165, 1.54) is 23.5 Å². The number of anilines is 1. The molecule has 0 aliphatic heterocycles. The fourth-order valence-electron chi connectivity index (χ4n) is 2.78. The third kappa shape index (κ3) is 4.67. The molecular weight excluding hydrogens is 419 g/mol. The van der Waals surface area contributed by atoms with Gasteiger partial charge < -0.3 is 15.2 Å². The second kappa shape index (κ2) is 8.88. The maximum absolute atomic E-state index is 13.1. The summed E-state index contributed by atoms with van der Waals surface area (Å²) in [6.07, 6.45) is 0. The van der Waals surface area contributed by atoms with Gasteiger partial charge in [-0.25, -0.2) is 4.39 Å². The molecule has 1 atom stereocenters. The van der Waals surface area contributed by atoms with Crippen LogP contribution >= 0.6 is 11.3 Å². The van der Waals surface area contributed by atoms with Gasteiger partial charge in [-0.2, -0.15) is 4.98 Å². The third-order valence-electron chi connectivity index (χ3n) is 4.42. The maximum atomic E-state index is 13.1. The number of benzene rings is 2. The van der Waals surface area contributed by atoms with Crippen LogP contribution in [-0.4, -0.2) is 28.0 Å². The first-order valence-corrected chi connectivity index (χ1v) is 10.2. The van der Waals surface area contributed by atoms with Crippen LogP contribution in [0, 0.1) is 5.82 Å². The van der Waals surface area contributed by atoms with E-state index in [2.05, 4.69) is 20.8 Å². The second-order valence-electron chi connectivity index (χ2n) is 6.64. The van der Waals surface area contributed by atoms with Gasteiger partial charge in [0.2, 0.25) is 11.7 Å². The number of halogens is 1. The third-order valence-corrected chi connectivity index (χ3v) is 5.33. The van der Waals surface area contributed by atoms with E-state index in [4.69, 9.17) is 4.52 Å². The van der Waals surface area contributed by atoms with Gasteiger partial charge in [-0.05, 0) is 54.8 Å². The molecule has 2 aromatic heterocycles. The first-order chi connectivity index (χ1) is 15.0. The molecule has 0 bridgehead atoms. The number of nitrogens with zero attached hydrogens (tertiary/aromatic N) is 2. The minimum absolute atomic E-state index is 0.227. The molecule has 0 fully saturated rings. The summed E-state index contributed by atoms with van der Waals surface area (Å²) in [5, 5.41) is 11.2. The van der Waals surface area contributed by atoms with Gasteiger partial charge in [0.15, 0.2) is 0 Å². The Balaban J connectivity index is 1.45. The van der Waals surface area contributed by atoms with E-state index >= 15 is 0 Å². The van der Waals surface area contributed by atoms with Crippen LogP contribution in [0.5, 0.6) is 0 Å². The molecular formula is C22H17FN4O3S. The van der Waals surface area contributed by atoms with Crippen molar-refractivity contribution in [3.05, 3.63) is 77.4 Å². The average Bonchev–Trinajstić information content (AvgIpc) is 3.44. The highest BCUT2D eigenvalue weighted by molar-refractivity contribution is 7.14. The highest BCUT2D eigenvalue weighted by Crippen LogP contribution is 2.33. The monoisotopic (exact) mass is 436 g/mol. The molecule has 2 amide bonds. The van der Waals surface area contributed by atoms with Gasteiger partial charge in [0.25, 0.3) is 11.8 Å². The lowest BCUT2D eigenvalue weighted by molar-refractivity contribution is -0.117. The van der Waals surface area contributed by atoms with Crippen LogP contribution < -0.4 is 10.6 Å². The topological polar surface area (TPSA) is 97.1 Å². The SMILES string of the molecule is C[C@H](NC(=O)c1ccccc1)C(=O)Nc1ccsc1-c1nc(-c2ccc(F)cc2)no1. The van der Waals surface area contributed by atoms with E-state index in [1.807, 2.05) is 6.07 Å². The van der Waals surface area contributed by atoms with Crippen LogP contribution in [0.1, 0.15) is 17.3 Å². The van der Waals surface area contributed by atoms with Crippen molar-refractivity contribution in [1.82, 2.24) is 15.5 Å². The highest BCUT2D eigenvalue weighted by atomic mass is 32.1. The number of amides is 2. The Morgan fingerprint density at radius 1 is 1.06 bits per heavy atom. The highest BCUT2D eigenvalue weighted by Gasteiger charge is 2.21. The second-order valence-corrected chi connectivity index (χ2v) is 7.56. The standard InChI is InChI=1S/C22H17FN4O3S/c1-13(24-21(29)15-5-3-2-4-6-15)20(28)25-17-11-12-31-18(17)22-26-19(27-30-22)14-7-9-16(23)10-8-14/h2-13H,1H3,(H,24,29)(H,25,28)/t13-/m0/s1. The molecule has 4 aromatic rings. The summed E-state index contributed by atoms with van der Waals surface area (Å²) in [5.74, 6) is -0.546. The number of carbonyl (C=O) groups excluding carboxylic acids is 2. The van der Waals surface area contributed by atoms with Gasteiger partial charge in [0.05, 0.1) is 5.69 Å². The Bertz CT molecular complexity index is 1200. The van der Waals surface area contributed by atoms with Gasteiger partial charge in [-0.3, -0.25) is 9.59 Å². The predicted octanol–water partition coefficient (Wildman–Crippen LogP) is 4.36. The van der Waals surface area contributed by atoms with Crippen LogP contribution in [0.3, 0.4) is 0 Å². The Kier molecular flexibility index (Phi) is 5.85. The zero-order valence-corrected chi connectivity index (χ0v) is 17.2. The van der Waals surface area contributed by atoms with Crippen molar-refractivity contribution in [3.8, 4) is 22.2 Å². The van der Waals surface area contributed by atoms with Crippen LogP contribution in [0.15, 0.2) is 70.6 Å². The van der Waals surface area contributed by atoms with Gasteiger partial charge >= 0.3 is 0 Å². The van der Waals surface area contributed by atoms with Crippen molar-refractivity contribution in [2.24, 2.45) is 0 Å². The smallest absolute Gasteiger partial charge is 0.270 e. The molecule has 156 valence electrons.